The molecule has 3 rings (SSSR count). The Balaban J connectivity index is 1.73. The van der Waals surface area contributed by atoms with Crippen molar-refractivity contribution in [3.8, 4) is 11.3 Å². The molecule has 0 fully saturated rings. The van der Waals surface area contributed by atoms with E-state index in [0.717, 1.165) is 11.1 Å². The summed E-state index contributed by atoms with van der Waals surface area (Å²) in [6.45, 7) is 3.28. The summed E-state index contributed by atoms with van der Waals surface area (Å²) in [5.41, 5.74) is 3.23. The van der Waals surface area contributed by atoms with Gasteiger partial charge in [-0.15, -0.1) is 0 Å². The molecule has 136 valence electrons. The number of amides is 1. The number of benzene rings is 2. The van der Waals surface area contributed by atoms with Crippen molar-refractivity contribution in [2.24, 2.45) is 0 Å². The van der Waals surface area contributed by atoms with Gasteiger partial charge in [0, 0.05) is 22.9 Å². The minimum Gasteiger partial charge on any atom is -0.325 e. The van der Waals surface area contributed by atoms with Crippen LogP contribution < -0.4 is 10.9 Å². The topological polar surface area (TPSA) is 81.1 Å². The Morgan fingerprint density at radius 3 is 2.48 bits per heavy atom. The number of hydrogen-bond donors (Lipinski definition) is 1. The largest absolute Gasteiger partial charge is 0.325 e. The van der Waals surface area contributed by atoms with Crippen LogP contribution in [0.4, 0.5) is 5.69 Å². The van der Waals surface area contributed by atoms with Gasteiger partial charge in [0.2, 0.25) is 5.91 Å². The summed E-state index contributed by atoms with van der Waals surface area (Å²) in [7, 11) is 0. The van der Waals surface area contributed by atoms with Gasteiger partial charge in [0.25, 0.3) is 5.56 Å². The van der Waals surface area contributed by atoms with Gasteiger partial charge in [-0.3, -0.25) is 19.0 Å². The van der Waals surface area contributed by atoms with Gasteiger partial charge < -0.3 is 5.32 Å². The predicted molar refractivity (Wildman–Crippen MR) is 104 cm³/mol. The lowest BCUT2D eigenvalue weighted by Crippen LogP contribution is -2.27. The highest BCUT2D eigenvalue weighted by Crippen LogP contribution is 2.15. The Bertz CT molecular complexity index is 1050. The summed E-state index contributed by atoms with van der Waals surface area (Å²) in [5.74, 6) is -0.457. The number of aryl methyl sites for hydroxylation is 1. The smallest absolute Gasteiger partial charge is 0.254 e. The van der Waals surface area contributed by atoms with Crippen molar-refractivity contribution >= 4 is 17.4 Å². The summed E-state index contributed by atoms with van der Waals surface area (Å²) in [5, 5.41) is 2.69. The van der Waals surface area contributed by atoms with Crippen LogP contribution in [0.25, 0.3) is 11.3 Å². The normalized spacial score (nSPS) is 10.4. The Hall–Kier alpha value is -3.54. The molecule has 1 heterocycles. The van der Waals surface area contributed by atoms with Gasteiger partial charge in [0.15, 0.2) is 5.78 Å². The fourth-order valence-electron chi connectivity index (χ4n) is 2.60. The van der Waals surface area contributed by atoms with Gasteiger partial charge in [0.1, 0.15) is 6.54 Å². The quantitative estimate of drug-likeness (QED) is 0.708. The van der Waals surface area contributed by atoms with Crippen LogP contribution in [0.5, 0.6) is 0 Å². The molecule has 0 saturated heterocycles. The van der Waals surface area contributed by atoms with E-state index in [1.54, 1.807) is 24.3 Å². The predicted octanol–water partition coefficient (Wildman–Crippen LogP) is 3.06. The Morgan fingerprint density at radius 2 is 1.81 bits per heavy atom. The SMILES string of the molecule is CC(=O)c1cccc(NC(=O)Cn2cnc(-c3ccc(C)cc3)cc2=O)c1. The summed E-state index contributed by atoms with van der Waals surface area (Å²) < 4.78 is 1.24. The Labute approximate surface area is 156 Å². The molecule has 0 bridgehead atoms. The molecule has 0 saturated carbocycles. The van der Waals surface area contributed by atoms with Crippen molar-refractivity contribution in [2.45, 2.75) is 20.4 Å². The monoisotopic (exact) mass is 361 g/mol. The first-order valence-corrected chi connectivity index (χ1v) is 8.47. The summed E-state index contributed by atoms with van der Waals surface area (Å²) in [6, 6.07) is 15.8. The molecule has 0 aliphatic carbocycles. The number of aromatic nitrogens is 2. The fourth-order valence-corrected chi connectivity index (χ4v) is 2.60. The van der Waals surface area contributed by atoms with Crippen molar-refractivity contribution in [2.75, 3.05) is 5.32 Å². The van der Waals surface area contributed by atoms with Crippen molar-refractivity contribution in [3.05, 3.63) is 82.4 Å². The molecule has 0 unspecified atom stereocenters. The molecule has 0 atom stereocenters. The van der Waals surface area contributed by atoms with Crippen LogP contribution >= 0.6 is 0 Å². The third-order valence-electron chi connectivity index (χ3n) is 4.09. The molecule has 6 heteroatoms. The first kappa shape index (κ1) is 18.3. The zero-order chi connectivity index (χ0) is 19.4. The van der Waals surface area contributed by atoms with Crippen LogP contribution in [-0.4, -0.2) is 21.2 Å². The second kappa shape index (κ2) is 7.78. The average Bonchev–Trinajstić information content (AvgIpc) is 2.64. The van der Waals surface area contributed by atoms with Crippen LogP contribution in [0.1, 0.15) is 22.8 Å². The second-order valence-electron chi connectivity index (χ2n) is 6.29. The number of ketones is 1. The Morgan fingerprint density at radius 1 is 1.07 bits per heavy atom. The minimum absolute atomic E-state index is 0.0850. The van der Waals surface area contributed by atoms with E-state index in [4.69, 9.17) is 0 Å². The fraction of sp³-hybridized carbons (Fsp3) is 0.143. The number of nitrogens with zero attached hydrogens (tertiary/aromatic N) is 2. The van der Waals surface area contributed by atoms with Gasteiger partial charge >= 0.3 is 0 Å². The number of anilines is 1. The molecule has 0 aliphatic rings. The van der Waals surface area contributed by atoms with E-state index in [9.17, 15) is 14.4 Å². The third kappa shape index (κ3) is 4.55. The highest BCUT2D eigenvalue weighted by molar-refractivity contribution is 5.97. The maximum Gasteiger partial charge on any atom is 0.254 e. The van der Waals surface area contributed by atoms with E-state index in [0.29, 0.717) is 16.9 Å². The van der Waals surface area contributed by atoms with Crippen molar-refractivity contribution < 1.29 is 9.59 Å². The van der Waals surface area contributed by atoms with Crippen molar-refractivity contribution in [1.29, 1.82) is 0 Å². The zero-order valence-corrected chi connectivity index (χ0v) is 15.1. The minimum atomic E-state index is -0.373. The lowest BCUT2D eigenvalue weighted by Gasteiger charge is -2.09. The zero-order valence-electron chi connectivity index (χ0n) is 15.1. The molecule has 0 radical (unpaired) electrons. The van der Waals surface area contributed by atoms with E-state index in [2.05, 4.69) is 10.3 Å². The van der Waals surface area contributed by atoms with Crippen molar-refractivity contribution in [3.63, 3.8) is 0 Å². The van der Waals surface area contributed by atoms with Gasteiger partial charge in [-0.25, -0.2) is 4.98 Å². The van der Waals surface area contributed by atoms with Crippen LogP contribution in [0, 0.1) is 6.92 Å². The summed E-state index contributed by atoms with van der Waals surface area (Å²) >= 11 is 0. The molecule has 6 nitrogen and oxygen atoms in total. The number of carbonyl (C=O) groups excluding carboxylic acids is 2. The molecule has 27 heavy (non-hydrogen) atoms. The lowest BCUT2D eigenvalue weighted by molar-refractivity contribution is -0.116. The molecule has 3 aromatic rings. The number of carbonyl (C=O) groups is 2. The van der Waals surface area contributed by atoms with Crippen LogP contribution in [0.2, 0.25) is 0 Å². The first-order valence-electron chi connectivity index (χ1n) is 8.47. The summed E-state index contributed by atoms with van der Waals surface area (Å²) in [6.07, 6.45) is 1.36. The van der Waals surface area contributed by atoms with Gasteiger partial charge in [0.05, 0.1) is 12.0 Å². The highest BCUT2D eigenvalue weighted by atomic mass is 16.2. The first-order chi connectivity index (χ1) is 12.9. The molecular weight excluding hydrogens is 342 g/mol. The molecule has 1 N–H and O–H groups in total. The Kier molecular flexibility index (Phi) is 5.26. The molecular formula is C21H19N3O3. The van der Waals surface area contributed by atoms with E-state index in [1.165, 1.54) is 23.9 Å². The van der Waals surface area contributed by atoms with Crippen molar-refractivity contribution in [1.82, 2.24) is 9.55 Å². The standard InChI is InChI=1S/C21H19N3O3/c1-14-6-8-16(9-7-14)19-11-21(27)24(13-22-19)12-20(26)23-18-5-3-4-17(10-18)15(2)25/h3-11,13H,12H2,1-2H3,(H,23,26). The van der Waals surface area contributed by atoms with Gasteiger partial charge in [-0.1, -0.05) is 42.0 Å². The lowest BCUT2D eigenvalue weighted by atomic mass is 10.1. The molecule has 0 spiro atoms. The molecule has 1 amide bonds. The number of Topliss-reactive ketones (excluding diaryl/α,β-unsaturated/α-hetero) is 1. The van der Waals surface area contributed by atoms with Gasteiger partial charge in [-0.05, 0) is 26.0 Å². The number of rotatable bonds is 5. The average molecular weight is 361 g/mol. The van der Waals surface area contributed by atoms with Crippen LogP contribution in [0.15, 0.2) is 65.7 Å². The summed E-state index contributed by atoms with van der Waals surface area (Å²) in [4.78, 5) is 40.2. The van der Waals surface area contributed by atoms with E-state index in [-0.39, 0.29) is 23.8 Å². The van der Waals surface area contributed by atoms with Gasteiger partial charge in [-0.2, -0.15) is 0 Å². The second-order valence-corrected chi connectivity index (χ2v) is 6.29. The third-order valence-corrected chi connectivity index (χ3v) is 4.09. The van der Waals surface area contributed by atoms with E-state index in [1.807, 2.05) is 31.2 Å². The maximum atomic E-state index is 12.3. The maximum absolute atomic E-state index is 12.3. The van der Waals surface area contributed by atoms with Crippen LogP contribution in [-0.2, 0) is 11.3 Å². The number of hydrogen-bond acceptors (Lipinski definition) is 4. The molecule has 0 aliphatic heterocycles. The molecule has 1 aromatic heterocycles. The number of nitrogens with one attached hydrogen (secondary N) is 1. The van der Waals surface area contributed by atoms with E-state index < -0.39 is 0 Å². The highest BCUT2D eigenvalue weighted by Gasteiger charge is 2.09. The van der Waals surface area contributed by atoms with E-state index >= 15 is 0 Å². The van der Waals surface area contributed by atoms with Crippen LogP contribution in [0.3, 0.4) is 0 Å². The molecule has 2 aromatic carbocycles.